The highest BCUT2D eigenvalue weighted by atomic mass is 14.3. The summed E-state index contributed by atoms with van der Waals surface area (Å²) in [4.78, 5) is 0. The molecule has 0 N–H and O–H groups in total. The molecule has 10 heavy (non-hydrogen) atoms. The molecule has 1 saturated carbocycles. The number of hydrogen-bond donors (Lipinski definition) is 0. The summed E-state index contributed by atoms with van der Waals surface area (Å²) >= 11 is 0. The average molecular weight is 138 g/mol. The van der Waals surface area contributed by atoms with Gasteiger partial charge in [-0.25, -0.2) is 0 Å². The Labute approximate surface area is 65.0 Å². The van der Waals surface area contributed by atoms with Gasteiger partial charge in [-0.3, -0.25) is 0 Å². The van der Waals surface area contributed by atoms with Crippen molar-refractivity contribution >= 4 is 0 Å². The Hall–Kier alpha value is 0. The Morgan fingerprint density at radius 2 is 2.20 bits per heavy atom. The second kappa shape index (κ2) is 3.41. The molecular formula is C10H18. The minimum Gasteiger partial charge on any atom is -0.0622 e. The molecule has 0 heteroatoms. The van der Waals surface area contributed by atoms with Crippen LogP contribution < -0.4 is 0 Å². The van der Waals surface area contributed by atoms with Gasteiger partial charge in [0.15, 0.2) is 0 Å². The maximum absolute atomic E-state index is 4.07. The van der Waals surface area contributed by atoms with Crippen molar-refractivity contribution in [1.29, 1.82) is 0 Å². The van der Waals surface area contributed by atoms with Crippen molar-refractivity contribution in [3.8, 4) is 0 Å². The van der Waals surface area contributed by atoms with Crippen LogP contribution in [0.15, 0.2) is 0 Å². The first kappa shape index (κ1) is 8.10. The van der Waals surface area contributed by atoms with Gasteiger partial charge in [0.2, 0.25) is 0 Å². The highest BCUT2D eigenvalue weighted by Crippen LogP contribution is 2.31. The molecule has 1 aliphatic rings. The molecule has 58 valence electrons. The first-order valence-corrected chi connectivity index (χ1v) is 4.36. The molecule has 2 radical (unpaired) electrons. The van der Waals surface area contributed by atoms with Crippen LogP contribution in [0.25, 0.3) is 0 Å². The van der Waals surface area contributed by atoms with Crippen LogP contribution in [0.4, 0.5) is 0 Å². The van der Waals surface area contributed by atoms with Gasteiger partial charge in [0, 0.05) is 0 Å². The fraction of sp³-hybridized carbons (Fsp3) is 0.800. The van der Waals surface area contributed by atoms with Gasteiger partial charge in [-0.15, -0.1) is 0 Å². The Kier molecular flexibility index (Phi) is 2.76. The molecule has 0 aromatic carbocycles. The zero-order valence-corrected chi connectivity index (χ0v) is 7.14. The molecule has 1 aliphatic carbocycles. The van der Waals surface area contributed by atoms with Crippen molar-refractivity contribution in [2.75, 3.05) is 0 Å². The lowest BCUT2D eigenvalue weighted by Gasteiger charge is -2.28. The van der Waals surface area contributed by atoms with Crippen LogP contribution in [0, 0.1) is 31.1 Å². The highest BCUT2D eigenvalue weighted by Gasteiger charge is 2.20. The van der Waals surface area contributed by atoms with Crippen LogP contribution in [-0.4, -0.2) is 0 Å². The predicted octanol–water partition coefficient (Wildman–Crippen LogP) is 3.10. The smallest absolute Gasteiger partial charge is 0.0355 e. The number of rotatable bonds is 1. The third-order valence-corrected chi connectivity index (χ3v) is 2.64. The van der Waals surface area contributed by atoms with E-state index in [2.05, 4.69) is 27.2 Å². The summed E-state index contributed by atoms with van der Waals surface area (Å²) < 4.78 is 0. The molecule has 0 bridgehead atoms. The van der Waals surface area contributed by atoms with Crippen molar-refractivity contribution in [1.82, 2.24) is 0 Å². The van der Waals surface area contributed by atoms with E-state index >= 15 is 0 Å². The van der Waals surface area contributed by atoms with Gasteiger partial charge < -0.3 is 0 Å². The lowest BCUT2D eigenvalue weighted by atomic mass is 9.78. The highest BCUT2D eigenvalue weighted by molar-refractivity contribution is 4.85. The van der Waals surface area contributed by atoms with Crippen molar-refractivity contribution in [2.24, 2.45) is 17.8 Å². The Bertz CT molecular complexity index is 86.2. The van der Waals surface area contributed by atoms with E-state index in [1.54, 1.807) is 0 Å². The molecule has 0 aliphatic heterocycles. The topological polar surface area (TPSA) is 0 Å². The van der Waals surface area contributed by atoms with Crippen LogP contribution in [0.1, 0.15) is 33.1 Å². The summed E-state index contributed by atoms with van der Waals surface area (Å²) in [6, 6.07) is 0. The summed E-state index contributed by atoms with van der Waals surface area (Å²) in [5, 5.41) is 0. The average Bonchev–Trinajstić information content (AvgIpc) is 1.88. The van der Waals surface area contributed by atoms with Crippen LogP contribution >= 0.6 is 0 Å². The molecule has 0 saturated heterocycles. The van der Waals surface area contributed by atoms with Gasteiger partial charge in [0.1, 0.15) is 0 Å². The van der Waals surface area contributed by atoms with Gasteiger partial charge in [0.05, 0.1) is 0 Å². The van der Waals surface area contributed by atoms with E-state index < -0.39 is 0 Å². The van der Waals surface area contributed by atoms with Crippen molar-refractivity contribution in [3.63, 3.8) is 0 Å². The van der Waals surface area contributed by atoms with Crippen LogP contribution in [-0.2, 0) is 0 Å². The van der Waals surface area contributed by atoms with E-state index in [0.29, 0.717) is 5.92 Å². The fourth-order valence-electron chi connectivity index (χ4n) is 1.64. The normalized spacial score (nSPS) is 34.8. The zero-order chi connectivity index (χ0) is 7.56. The Morgan fingerprint density at radius 1 is 1.50 bits per heavy atom. The van der Waals surface area contributed by atoms with Gasteiger partial charge in [-0.2, -0.15) is 0 Å². The minimum atomic E-state index is 0.642. The SMILES string of the molecule is [CH2]C(C)C1C[CH]C(C)CC1. The first-order chi connectivity index (χ1) is 4.70. The largest absolute Gasteiger partial charge is 0.0622 e. The Morgan fingerprint density at radius 3 is 2.60 bits per heavy atom. The van der Waals surface area contributed by atoms with E-state index in [9.17, 15) is 0 Å². The van der Waals surface area contributed by atoms with Crippen molar-refractivity contribution < 1.29 is 0 Å². The van der Waals surface area contributed by atoms with E-state index in [1.807, 2.05) is 0 Å². The number of hydrogen-bond acceptors (Lipinski definition) is 0. The van der Waals surface area contributed by atoms with Gasteiger partial charge in [-0.1, -0.05) is 27.2 Å². The monoisotopic (exact) mass is 138 g/mol. The lowest BCUT2D eigenvalue weighted by molar-refractivity contribution is 0.302. The van der Waals surface area contributed by atoms with E-state index in [-0.39, 0.29) is 0 Å². The second-order valence-corrected chi connectivity index (χ2v) is 3.76. The molecular weight excluding hydrogens is 120 g/mol. The van der Waals surface area contributed by atoms with E-state index in [4.69, 9.17) is 0 Å². The fourth-order valence-corrected chi connectivity index (χ4v) is 1.64. The molecule has 0 aromatic heterocycles. The van der Waals surface area contributed by atoms with Gasteiger partial charge >= 0.3 is 0 Å². The van der Waals surface area contributed by atoms with Gasteiger partial charge in [-0.05, 0) is 37.0 Å². The molecule has 3 unspecified atom stereocenters. The van der Waals surface area contributed by atoms with Crippen LogP contribution in [0.3, 0.4) is 0 Å². The second-order valence-electron chi connectivity index (χ2n) is 3.76. The maximum atomic E-state index is 4.07. The summed E-state index contributed by atoms with van der Waals surface area (Å²) in [6.45, 7) is 8.61. The van der Waals surface area contributed by atoms with Crippen molar-refractivity contribution in [2.45, 2.75) is 33.1 Å². The quantitative estimate of drug-likeness (QED) is 0.522. The third kappa shape index (κ3) is 2.00. The molecule has 1 rings (SSSR count). The van der Waals surface area contributed by atoms with E-state index in [1.165, 1.54) is 19.3 Å². The predicted molar refractivity (Wildman–Crippen MR) is 45.3 cm³/mol. The Balaban J connectivity index is 2.26. The molecule has 0 heterocycles. The third-order valence-electron chi connectivity index (χ3n) is 2.64. The summed E-state index contributed by atoms with van der Waals surface area (Å²) in [7, 11) is 0. The standard InChI is InChI=1S/C10H18/c1-8(2)10-6-4-9(3)5-7-10/h4,8-10H,1,5-7H2,2-3H3. The minimum absolute atomic E-state index is 0.642. The summed E-state index contributed by atoms with van der Waals surface area (Å²) in [5.41, 5.74) is 0. The maximum Gasteiger partial charge on any atom is -0.0355 e. The molecule has 0 spiro atoms. The first-order valence-electron chi connectivity index (χ1n) is 4.36. The molecule has 1 fully saturated rings. The molecule has 3 atom stereocenters. The molecule has 0 amide bonds. The molecule has 0 nitrogen and oxygen atoms in total. The molecule has 0 aromatic rings. The van der Waals surface area contributed by atoms with Gasteiger partial charge in [0.25, 0.3) is 0 Å². The zero-order valence-electron chi connectivity index (χ0n) is 7.14. The van der Waals surface area contributed by atoms with Crippen LogP contribution in [0.2, 0.25) is 0 Å². The lowest BCUT2D eigenvalue weighted by Crippen LogP contribution is -2.17. The summed E-state index contributed by atoms with van der Waals surface area (Å²) in [5.74, 6) is 2.37. The summed E-state index contributed by atoms with van der Waals surface area (Å²) in [6.07, 6.45) is 6.52. The van der Waals surface area contributed by atoms with Crippen LogP contribution in [0.5, 0.6) is 0 Å². The van der Waals surface area contributed by atoms with E-state index in [0.717, 1.165) is 11.8 Å². The van der Waals surface area contributed by atoms with Crippen molar-refractivity contribution in [3.05, 3.63) is 13.3 Å².